The molecule has 0 N–H and O–H groups in total. The van der Waals surface area contributed by atoms with Crippen LogP contribution in [0.2, 0.25) is 0 Å². The van der Waals surface area contributed by atoms with Crippen LogP contribution in [0.1, 0.15) is 12.1 Å². The number of thiazole rings is 1. The number of anilines is 2. The number of alkyl halides is 1. The van der Waals surface area contributed by atoms with Crippen molar-refractivity contribution in [2.45, 2.75) is 19.1 Å². The molecule has 0 spiro atoms. The molecule has 140 valence electrons. The molecule has 27 heavy (non-hydrogen) atoms. The number of fused-ring (bicyclic) bond motifs is 1. The van der Waals surface area contributed by atoms with Gasteiger partial charge in [0.1, 0.15) is 17.0 Å². The molecular formula is C17H16ClFN6OS. The molecule has 7 nitrogen and oxygen atoms in total. The van der Waals surface area contributed by atoms with Crippen LogP contribution in [0.5, 0.6) is 0 Å². The fraction of sp³-hybridized carbons (Fsp3) is 0.294. The van der Waals surface area contributed by atoms with Crippen molar-refractivity contribution in [3.8, 4) is 11.3 Å². The van der Waals surface area contributed by atoms with Gasteiger partial charge in [0.05, 0.1) is 36.2 Å². The fourth-order valence-corrected chi connectivity index (χ4v) is 3.97. The summed E-state index contributed by atoms with van der Waals surface area (Å²) < 4.78 is 14.8. The largest absolute Gasteiger partial charge is 0.354 e. The first kappa shape index (κ1) is 17.9. The molecular weight excluding hydrogens is 391 g/mol. The second-order valence-corrected chi connectivity index (χ2v) is 7.24. The van der Waals surface area contributed by atoms with Gasteiger partial charge in [-0.05, 0) is 24.6 Å². The van der Waals surface area contributed by atoms with Crippen molar-refractivity contribution >= 4 is 40.6 Å². The van der Waals surface area contributed by atoms with E-state index in [9.17, 15) is 9.18 Å². The number of amides is 1. The normalized spacial score (nSPS) is 18.7. The molecule has 2 aliphatic rings. The van der Waals surface area contributed by atoms with E-state index >= 15 is 0 Å². The van der Waals surface area contributed by atoms with Crippen LogP contribution in [-0.4, -0.2) is 45.0 Å². The lowest BCUT2D eigenvalue weighted by atomic mass is 10.2. The quantitative estimate of drug-likeness (QED) is 0.667. The molecule has 0 bridgehead atoms. The van der Waals surface area contributed by atoms with Gasteiger partial charge in [-0.3, -0.25) is 9.88 Å². The summed E-state index contributed by atoms with van der Waals surface area (Å²) in [7, 11) is 0. The number of carbonyl (C=O) groups excluding carboxylic acids is 1. The number of hydrogen-bond donors (Lipinski definition) is 0. The highest BCUT2D eigenvalue weighted by Gasteiger charge is 2.31. The van der Waals surface area contributed by atoms with E-state index in [1.165, 1.54) is 16.0 Å². The summed E-state index contributed by atoms with van der Waals surface area (Å²) in [5.74, 6) is 0.771. The predicted molar refractivity (Wildman–Crippen MR) is 104 cm³/mol. The molecule has 2 aliphatic heterocycles. The standard InChI is InChI=1S/C17H15FN6OS.ClH/c18-12-3-4-22(8-12)15-2-1-11(6-20-15)14-5-13-9-23(16-7-19-10-26-16)17(25)24(13)21-14;/h1-2,5-7,10,12H,3-4,8-9H2;1H/t12-;/m0./s1. The molecule has 1 fully saturated rings. The number of hydrogen-bond acceptors (Lipinski definition) is 6. The Morgan fingerprint density at radius 3 is 2.78 bits per heavy atom. The SMILES string of the molecule is Cl.O=C1N(c2cncs2)Cc2cc(-c3ccc(N4CC[C@H](F)C4)nc3)nn21. The number of halogens is 2. The Balaban J connectivity index is 0.00000180. The molecule has 0 unspecified atom stereocenters. The molecule has 0 aliphatic carbocycles. The molecule has 0 saturated carbocycles. The lowest BCUT2D eigenvalue weighted by Gasteiger charge is -2.16. The van der Waals surface area contributed by atoms with Crippen molar-refractivity contribution in [2.75, 3.05) is 22.9 Å². The Morgan fingerprint density at radius 1 is 1.26 bits per heavy atom. The maximum Gasteiger partial charge on any atom is 0.350 e. The van der Waals surface area contributed by atoms with E-state index < -0.39 is 6.17 Å². The minimum absolute atomic E-state index is 0. The zero-order valence-electron chi connectivity index (χ0n) is 14.2. The van der Waals surface area contributed by atoms with Crippen molar-refractivity contribution in [2.24, 2.45) is 0 Å². The third kappa shape index (κ3) is 3.06. The Kier molecular flexibility index (Phi) is 4.56. The maximum absolute atomic E-state index is 13.3. The van der Waals surface area contributed by atoms with Crippen molar-refractivity contribution in [1.29, 1.82) is 0 Å². The molecule has 10 heteroatoms. The summed E-state index contributed by atoms with van der Waals surface area (Å²) in [6.45, 7) is 1.56. The van der Waals surface area contributed by atoms with Crippen molar-refractivity contribution in [1.82, 2.24) is 19.7 Å². The first-order chi connectivity index (χ1) is 12.7. The number of carbonyl (C=O) groups is 1. The summed E-state index contributed by atoms with van der Waals surface area (Å²) in [5.41, 5.74) is 4.08. The highest BCUT2D eigenvalue weighted by atomic mass is 35.5. The van der Waals surface area contributed by atoms with Gasteiger partial charge in [-0.2, -0.15) is 9.78 Å². The molecule has 0 aromatic carbocycles. The third-order valence-electron chi connectivity index (χ3n) is 4.70. The second-order valence-electron chi connectivity index (χ2n) is 6.38. The van der Waals surface area contributed by atoms with Crippen molar-refractivity contribution < 1.29 is 9.18 Å². The van der Waals surface area contributed by atoms with E-state index in [4.69, 9.17) is 0 Å². The van der Waals surface area contributed by atoms with Crippen LogP contribution < -0.4 is 9.80 Å². The van der Waals surface area contributed by atoms with Gasteiger partial charge in [-0.1, -0.05) is 0 Å². The third-order valence-corrected chi connectivity index (χ3v) is 5.49. The van der Waals surface area contributed by atoms with E-state index in [0.29, 0.717) is 31.7 Å². The first-order valence-electron chi connectivity index (χ1n) is 8.34. The summed E-state index contributed by atoms with van der Waals surface area (Å²) in [4.78, 5) is 24.6. The van der Waals surface area contributed by atoms with Gasteiger partial charge in [-0.25, -0.2) is 14.2 Å². The second kappa shape index (κ2) is 6.90. The fourth-order valence-electron chi connectivity index (χ4n) is 3.35. The average molecular weight is 407 g/mol. The van der Waals surface area contributed by atoms with Gasteiger partial charge in [-0.15, -0.1) is 23.7 Å². The van der Waals surface area contributed by atoms with Gasteiger partial charge in [0, 0.05) is 18.3 Å². The molecule has 3 aromatic rings. The average Bonchev–Trinajstić information content (AvgIpc) is 3.41. The molecule has 5 rings (SSSR count). The lowest BCUT2D eigenvalue weighted by molar-refractivity contribution is 0.248. The van der Waals surface area contributed by atoms with Crippen molar-refractivity contribution in [3.05, 3.63) is 41.8 Å². The van der Waals surface area contributed by atoms with Crippen LogP contribution in [0, 0.1) is 0 Å². The zero-order chi connectivity index (χ0) is 17.7. The number of aromatic nitrogens is 4. The number of nitrogens with zero attached hydrogens (tertiary/aromatic N) is 6. The highest BCUT2D eigenvalue weighted by Crippen LogP contribution is 2.30. The van der Waals surface area contributed by atoms with E-state index in [1.54, 1.807) is 22.8 Å². The summed E-state index contributed by atoms with van der Waals surface area (Å²) in [6.07, 6.45) is 3.18. The summed E-state index contributed by atoms with van der Waals surface area (Å²) >= 11 is 1.42. The molecule has 1 amide bonds. The van der Waals surface area contributed by atoms with Crippen LogP contribution in [-0.2, 0) is 6.54 Å². The van der Waals surface area contributed by atoms with E-state index in [2.05, 4.69) is 15.1 Å². The number of pyridine rings is 1. The van der Waals surface area contributed by atoms with Gasteiger partial charge in [0.15, 0.2) is 0 Å². The molecule has 5 heterocycles. The van der Waals surface area contributed by atoms with E-state index in [1.807, 2.05) is 23.1 Å². The number of rotatable bonds is 3. The lowest BCUT2D eigenvalue weighted by Crippen LogP contribution is -2.25. The summed E-state index contributed by atoms with van der Waals surface area (Å²) in [6, 6.07) is 5.52. The minimum Gasteiger partial charge on any atom is -0.354 e. The molecule has 1 atom stereocenters. The van der Waals surface area contributed by atoms with Crippen LogP contribution in [0.4, 0.5) is 20.0 Å². The summed E-state index contributed by atoms with van der Waals surface area (Å²) in [5, 5.41) is 5.25. The van der Waals surface area contributed by atoms with Gasteiger partial charge in [0.25, 0.3) is 0 Å². The zero-order valence-corrected chi connectivity index (χ0v) is 15.8. The van der Waals surface area contributed by atoms with Gasteiger partial charge in [0.2, 0.25) is 0 Å². The predicted octanol–water partition coefficient (Wildman–Crippen LogP) is 3.36. The van der Waals surface area contributed by atoms with E-state index in [-0.39, 0.29) is 18.4 Å². The van der Waals surface area contributed by atoms with Crippen LogP contribution in [0.25, 0.3) is 11.3 Å². The molecule has 0 radical (unpaired) electrons. The Labute approximate surface area is 164 Å². The topological polar surface area (TPSA) is 67.2 Å². The van der Waals surface area contributed by atoms with Crippen LogP contribution in [0.15, 0.2) is 36.1 Å². The van der Waals surface area contributed by atoms with Gasteiger partial charge < -0.3 is 4.90 Å². The van der Waals surface area contributed by atoms with Crippen LogP contribution in [0.3, 0.4) is 0 Å². The Morgan fingerprint density at radius 2 is 2.15 bits per heavy atom. The highest BCUT2D eigenvalue weighted by molar-refractivity contribution is 7.14. The smallest absolute Gasteiger partial charge is 0.350 e. The van der Waals surface area contributed by atoms with E-state index in [0.717, 1.165) is 22.1 Å². The maximum atomic E-state index is 13.3. The van der Waals surface area contributed by atoms with Crippen molar-refractivity contribution in [3.63, 3.8) is 0 Å². The Bertz CT molecular complexity index is 960. The molecule has 3 aromatic heterocycles. The van der Waals surface area contributed by atoms with Gasteiger partial charge >= 0.3 is 6.03 Å². The Hall–Kier alpha value is -2.52. The minimum atomic E-state index is -0.778. The monoisotopic (exact) mass is 406 g/mol. The van der Waals surface area contributed by atoms with Crippen LogP contribution >= 0.6 is 23.7 Å². The molecule has 1 saturated heterocycles. The first-order valence-corrected chi connectivity index (χ1v) is 9.22.